The van der Waals surface area contributed by atoms with E-state index in [4.69, 9.17) is 9.47 Å². The summed E-state index contributed by atoms with van der Waals surface area (Å²) in [7, 11) is 1.61. The first kappa shape index (κ1) is 17.5. The van der Waals surface area contributed by atoms with Gasteiger partial charge < -0.3 is 9.47 Å². The van der Waals surface area contributed by atoms with Crippen molar-refractivity contribution in [2.24, 2.45) is 5.10 Å². The molecule has 0 aromatic heterocycles. The summed E-state index contributed by atoms with van der Waals surface area (Å²) >= 11 is 0. The van der Waals surface area contributed by atoms with Gasteiger partial charge in [-0.2, -0.15) is 5.10 Å². The Hall–Kier alpha value is -2.82. The minimum atomic E-state index is -0.306. The van der Waals surface area contributed by atoms with Gasteiger partial charge in [-0.05, 0) is 61.7 Å². The average Bonchev–Trinajstić information content (AvgIpc) is 2.54. The van der Waals surface area contributed by atoms with Gasteiger partial charge in [-0.3, -0.25) is 4.79 Å². The third-order valence-electron chi connectivity index (χ3n) is 3.47. The highest BCUT2D eigenvalue weighted by Crippen LogP contribution is 2.24. The largest absolute Gasteiger partial charge is 0.497 e. The van der Waals surface area contributed by atoms with Crippen LogP contribution in [0.3, 0.4) is 0 Å². The Kier molecular flexibility index (Phi) is 5.95. The van der Waals surface area contributed by atoms with Crippen LogP contribution in [0.5, 0.6) is 11.5 Å². The fourth-order valence-corrected chi connectivity index (χ4v) is 2.43. The molecule has 0 saturated carbocycles. The minimum absolute atomic E-state index is 0.0787. The molecule has 0 aliphatic carbocycles. The summed E-state index contributed by atoms with van der Waals surface area (Å²) in [6.07, 6.45) is 1.57. The quantitative estimate of drug-likeness (QED) is 0.655. The summed E-state index contributed by atoms with van der Waals surface area (Å²) in [5.74, 6) is 1.21. The van der Waals surface area contributed by atoms with Crippen LogP contribution in [0.2, 0.25) is 0 Å². The molecule has 0 aliphatic rings. The second kappa shape index (κ2) is 8.15. The number of amides is 1. The van der Waals surface area contributed by atoms with E-state index in [0.29, 0.717) is 0 Å². The van der Waals surface area contributed by atoms with Crippen molar-refractivity contribution in [2.75, 3.05) is 13.7 Å². The number of nitrogens with one attached hydrogen (secondary N) is 1. The number of rotatable bonds is 6. The van der Waals surface area contributed by atoms with Gasteiger partial charge >= 0.3 is 0 Å². The van der Waals surface area contributed by atoms with Crippen molar-refractivity contribution in [1.29, 1.82) is 0 Å². The SMILES string of the molecule is COc1ccc(/C=N\NC(=O)COc2c(C)cc(C)cc2C)cc1. The van der Waals surface area contributed by atoms with Crippen LogP contribution in [0.15, 0.2) is 41.5 Å². The maximum absolute atomic E-state index is 11.8. The zero-order chi connectivity index (χ0) is 17.5. The van der Waals surface area contributed by atoms with Gasteiger partial charge in [0.2, 0.25) is 0 Å². The van der Waals surface area contributed by atoms with Gasteiger partial charge in [0.25, 0.3) is 5.91 Å². The Morgan fingerprint density at radius 1 is 1.12 bits per heavy atom. The van der Waals surface area contributed by atoms with Crippen LogP contribution in [-0.2, 0) is 4.79 Å². The monoisotopic (exact) mass is 326 g/mol. The van der Waals surface area contributed by atoms with Crippen molar-refractivity contribution < 1.29 is 14.3 Å². The molecule has 1 N–H and O–H groups in total. The fourth-order valence-electron chi connectivity index (χ4n) is 2.43. The van der Waals surface area contributed by atoms with Crippen molar-refractivity contribution in [1.82, 2.24) is 5.43 Å². The molecule has 24 heavy (non-hydrogen) atoms. The van der Waals surface area contributed by atoms with Gasteiger partial charge in [-0.1, -0.05) is 17.7 Å². The molecule has 2 rings (SSSR count). The molecule has 2 aromatic carbocycles. The smallest absolute Gasteiger partial charge is 0.277 e. The second-order valence-corrected chi connectivity index (χ2v) is 5.58. The molecule has 0 saturated heterocycles. The van der Waals surface area contributed by atoms with Gasteiger partial charge in [-0.15, -0.1) is 0 Å². The maximum Gasteiger partial charge on any atom is 0.277 e. The topological polar surface area (TPSA) is 59.9 Å². The molecule has 0 bridgehead atoms. The molecule has 0 radical (unpaired) electrons. The number of ether oxygens (including phenoxy) is 2. The van der Waals surface area contributed by atoms with Gasteiger partial charge in [0.05, 0.1) is 13.3 Å². The molecule has 0 fully saturated rings. The van der Waals surface area contributed by atoms with E-state index in [1.807, 2.05) is 57.2 Å². The summed E-state index contributed by atoms with van der Waals surface area (Å²) in [5, 5.41) is 3.92. The maximum atomic E-state index is 11.8. The molecule has 0 aliphatic heterocycles. The van der Waals surface area contributed by atoms with Gasteiger partial charge in [0.15, 0.2) is 6.61 Å². The molecule has 0 heterocycles. The predicted octanol–water partition coefficient (Wildman–Crippen LogP) is 3.15. The summed E-state index contributed by atoms with van der Waals surface area (Å²) in [5.41, 5.74) is 6.52. The molecular formula is C19H22N2O3. The Balaban J connectivity index is 1.86. The number of hydrazone groups is 1. The van der Waals surface area contributed by atoms with Crippen LogP contribution < -0.4 is 14.9 Å². The molecule has 2 aromatic rings. The first-order valence-corrected chi connectivity index (χ1v) is 7.66. The number of methoxy groups -OCH3 is 1. The van der Waals surface area contributed by atoms with Gasteiger partial charge in [0, 0.05) is 0 Å². The van der Waals surface area contributed by atoms with Crippen LogP contribution in [-0.4, -0.2) is 25.8 Å². The van der Waals surface area contributed by atoms with Crippen LogP contribution in [0.25, 0.3) is 0 Å². The minimum Gasteiger partial charge on any atom is -0.497 e. The van der Waals surface area contributed by atoms with E-state index in [9.17, 15) is 4.79 Å². The summed E-state index contributed by atoms with van der Waals surface area (Å²) < 4.78 is 10.7. The third-order valence-corrected chi connectivity index (χ3v) is 3.47. The highest BCUT2D eigenvalue weighted by Gasteiger charge is 2.07. The average molecular weight is 326 g/mol. The lowest BCUT2D eigenvalue weighted by Gasteiger charge is -2.12. The van der Waals surface area contributed by atoms with Crippen LogP contribution in [0, 0.1) is 20.8 Å². The Bertz CT molecular complexity index is 714. The van der Waals surface area contributed by atoms with E-state index in [0.717, 1.165) is 28.2 Å². The zero-order valence-electron chi connectivity index (χ0n) is 14.4. The number of nitrogens with zero attached hydrogens (tertiary/aromatic N) is 1. The summed E-state index contributed by atoms with van der Waals surface area (Å²) in [6.45, 7) is 5.89. The van der Waals surface area contributed by atoms with E-state index in [2.05, 4.69) is 10.5 Å². The number of benzene rings is 2. The summed E-state index contributed by atoms with van der Waals surface area (Å²) in [4.78, 5) is 11.8. The molecule has 1 amide bonds. The Morgan fingerprint density at radius 2 is 1.75 bits per heavy atom. The van der Waals surface area contributed by atoms with Crippen molar-refractivity contribution in [3.8, 4) is 11.5 Å². The zero-order valence-corrected chi connectivity index (χ0v) is 14.4. The first-order chi connectivity index (χ1) is 11.5. The number of carbonyl (C=O) groups is 1. The van der Waals surface area contributed by atoms with E-state index in [-0.39, 0.29) is 12.5 Å². The molecule has 0 spiro atoms. The molecule has 5 heteroatoms. The van der Waals surface area contributed by atoms with E-state index >= 15 is 0 Å². The van der Waals surface area contributed by atoms with E-state index < -0.39 is 0 Å². The van der Waals surface area contributed by atoms with Gasteiger partial charge in [-0.25, -0.2) is 5.43 Å². The number of carbonyl (C=O) groups excluding carboxylic acids is 1. The lowest BCUT2D eigenvalue weighted by Crippen LogP contribution is -2.25. The first-order valence-electron chi connectivity index (χ1n) is 7.66. The van der Waals surface area contributed by atoms with Crippen LogP contribution in [0.4, 0.5) is 0 Å². The van der Waals surface area contributed by atoms with Crippen LogP contribution >= 0.6 is 0 Å². The lowest BCUT2D eigenvalue weighted by molar-refractivity contribution is -0.123. The molecule has 5 nitrogen and oxygen atoms in total. The molecule has 0 unspecified atom stereocenters. The number of hydrogen-bond donors (Lipinski definition) is 1. The normalized spacial score (nSPS) is 10.7. The Morgan fingerprint density at radius 3 is 2.33 bits per heavy atom. The second-order valence-electron chi connectivity index (χ2n) is 5.58. The lowest BCUT2D eigenvalue weighted by atomic mass is 10.1. The van der Waals surface area contributed by atoms with E-state index in [1.165, 1.54) is 5.56 Å². The number of aryl methyl sites for hydroxylation is 3. The van der Waals surface area contributed by atoms with Crippen molar-refractivity contribution in [3.63, 3.8) is 0 Å². The van der Waals surface area contributed by atoms with Gasteiger partial charge in [0.1, 0.15) is 11.5 Å². The standard InChI is InChI=1S/C19H22N2O3/c1-13-9-14(2)19(15(3)10-13)24-12-18(22)21-20-11-16-5-7-17(23-4)8-6-16/h5-11H,12H2,1-4H3,(H,21,22)/b20-11-. The van der Waals surface area contributed by atoms with Crippen molar-refractivity contribution in [3.05, 3.63) is 58.7 Å². The molecular weight excluding hydrogens is 304 g/mol. The van der Waals surface area contributed by atoms with E-state index in [1.54, 1.807) is 13.3 Å². The number of hydrogen-bond acceptors (Lipinski definition) is 4. The van der Waals surface area contributed by atoms with Crippen molar-refractivity contribution >= 4 is 12.1 Å². The fraction of sp³-hybridized carbons (Fsp3) is 0.263. The predicted molar refractivity (Wildman–Crippen MR) is 94.9 cm³/mol. The highest BCUT2D eigenvalue weighted by molar-refractivity contribution is 5.83. The highest BCUT2D eigenvalue weighted by atomic mass is 16.5. The summed E-state index contributed by atoms with van der Waals surface area (Å²) in [6, 6.07) is 11.4. The molecule has 0 atom stereocenters. The molecule has 126 valence electrons. The van der Waals surface area contributed by atoms with Crippen molar-refractivity contribution in [2.45, 2.75) is 20.8 Å². The van der Waals surface area contributed by atoms with Crippen LogP contribution in [0.1, 0.15) is 22.3 Å². The third kappa shape index (κ3) is 4.84. The Labute approximate surface area is 142 Å².